The first kappa shape index (κ1) is 14.7. The van der Waals surface area contributed by atoms with E-state index in [-0.39, 0.29) is 11.3 Å². The molecule has 22 heavy (non-hydrogen) atoms. The van der Waals surface area contributed by atoms with Crippen molar-refractivity contribution in [2.24, 2.45) is 22.9 Å². The molecule has 1 amide bonds. The molecule has 116 valence electrons. The van der Waals surface area contributed by atoms with Crippen molar-refractivity contribution in [3.63, 3.8) is 0 Å². The Morgan fingerprint density at radius 3 is 2.73 bits per heavy atom. The van der Waals surface area contributed by atoms with Gasteiger partial charge in [0.15, 0.2) is 0 Å². The number of fused-ring (bicyclic) bond motifs is 2. The van der Waals surface area contributed by atoms with Gasteiger partial charge in [-0.3, -0.25) is 14.9 Å². The molecular formula is C16H19N3O3. The average Bonchev–Trinajstić information content (AvgIpc) is 3.15. The van der Waals surface area contributed by atoms with Gasteiger partial charge >= 0.3 is 0 Å². The van der Waals surface area contributed by atoms with E-state index in [0.29, 0.717) is 11.8 Å². The molecule has 2 aliphatic carbocycles. The maximum absolute atomic E-state index is 12.1. The number of carbonyl (C=O) groups is 1. The fourth-order valence-electron chi connectivity index (χ4n) is 3.86. The third kappa shape index (κ3) is 2.73. The van der Waals surface area contributed by atoms with Gasteiger partial charge in [0.1, 0.15) is 5.56 Å². The minimum Gasteiger partial charge on any atom is -0.267 e. The monoisotopic (exact) mass is 301 g/mol. The van der Waals surface area contributed by atoms with Crippen molar-refractivity contribution in [3.8, 4) is 0 Å². The predicted octanol–water partition coefficient (Wildman–Crippen LogP) is 3.14. The number of hydrazone groups is 1. The van der Waals surface area contributed by atoms with Crippen LogP contribution >= 0.6 is 0 Å². The number of benzene rings is 1. The Bertz CT molecular complexity index is 641. The molecule has 1 N–H and O–H groups in total. The van der Waals surface area contributed by atoms with Gasteiger partial charge < -0.3 is 0 Å². The minimum absolute atomic E-state index is 0.0389. The Hall–Kier alpha value is -2.24. The van der Waals surface area contributed by atoms with Gasteiger partial charge in [0, 0.05) is 17.7 Å². The summed E-state index contributed by atoms with van der Waals surface area (Å²) in [5, 5.41) is 15.1. The summed E-state index contributed by atoms with van der Waals surface area (Å²) in [6.07, 6.45) is 4.99. The lowest BCUT2D eigenvalue weighted by Crippen LogP contribution is -2.25. The summed E-state index contributed by atoms with van der Waals surface area (Å²) in [5.74, 6) is 1.42. The Balaban J connectivity index is 1.70. The van der Waals surface area contributed by atoms with Crippen LogP contribution in [0.15, 0.2) is 29.4 Å². The summed E-state index contributed by atoms with van der Waals surface area (Å²) < 4.78 is 0. The number of hydrogen-bond acceptors (Lipinski definition) is 4. The molecule has 0 aromatic heterocycles. The highest BCUT2D eigenvalue weighted by Gasteiger charge is 2.40. The molecule has 6 nitrogen and oxygen atoms in total. The molecule has 0 radical (unpaired) electrons. The summed E-state index contributed by atoms with van der Waals surface area (Å²) >= 11 is 0. The highest BCUT2D eigenvalue weighted by Crippen LogP contribution is 2.48. The van der Waals surface area contributed by atoms with Gasteiger partial charge in [-0.05, 0) is 44.1 Å². The molecular weight excluding hydrogens is 282 g/mol. The predicted molar refractivity (Wildman–Crippen MR) is 82.6 cm³/mol. The molecule has 0 saturated heterocycles. The molecule has 0 aliphatic heterocycles. The minimum atomic E-state index is -0.554. The van der Waals surface area contributed by atoms with E-state index in [9.17, 15) is 14.9 Å². The zero-order valence-corrected chi connectivity index (χ0v) is 12.5. The molecule has 6 heteroatoms. The lowest BCUT2D eigenvalue weighted by molar-refractivity contribution is -0.385. The highest BCUT2D eigenvalue weighted by molar-refractivity contribution is 5.98. The van der Waals surface area contributed by atoms with Gasteiger partial charge in [0.25, 0.3) is 11.6 Å². The fourth-order valence-corrected chi connectivity index (χ4v) is 3.86. The number of para-hydroxylation sites is 1. The zero-order chi connectivity index (χ0) is 15.7. The van der Waals surface area contributed by atoms with Gasteiger partial charge in [-0.2, -0.15) is 5.10 Å². The maximum atomic E-state index is 12.1. The van der Waals surface area contributed by atoms with Crippen LogP contribution in [0.5, 0.6) is 0 Å². The molecule has 0 spiro atoms. The lowest BCUT2D eigenvalue weighted by Gasteiger charge is -2.21. The Morgan fingerprint density at radius 1 is 1.32 bits per heavy atom. The van der Waals surface area contributed by atoms with E-state index >= 15 is 0 Å². The van der Waals surface area contributed by atoms with Gasteiger partial charge in [-0.15, -0.1) is 0 Å². The molecule has 2 fully saturated rings. The molecule has 3 unspecified atom stereocenters. The first-order chi connectivity index (χ1) is 10.6. The van der Waals surface area contributed by atoms with Crippen molar-refractivity contribution in [2.75, 3.05) is 0 Å². The van der Waals surface area contributed by atoms with Crippen LogP contribution in [0.2, 0.25) is 0 Å². The van der Waals surface area contributed by atoms with Crippen molar-refractivity contribution in [3.05, 3.63) is 39.9 Å². The smallest absolute Gasteiger partial charge is 0.267 e. The van der Waals surface area contributed by atoms with E-state index in [1.807, 2.05) is 6.92 Å². The lowest BCUT2D eigenvalue weighted by atomic mass is 9.86. The first-order valence-corrected chi connectivity index (χ1v) is 7.64. The van der Waals surface area contributed by atoms with Crippen molar-refractivity contribution in [1.82, 2.24) is 5.43 Å². The average molecular weight is 301 g/mol. The summed E-state index contributed by atoms with van der Waals surface area (Å²) in [7, 11) is 0. The topological polar surface area (TPSA) is 84.6 Å². The molecule has 2 aliphatic rings. The molecule has 2 saturated carbocycles. The van der Waals surface area contributed by atoms with Crippen LogP contribution in [0.1, 0.15) is 43.0 Å². The number of rotatable bonds is 4. The third-order valence-electron chi connectivity index (χ3n) is 4.95. The first-order valence-electron chi connectivity index (χ1n) is 7.64. The Kier molecular flexibility index (Phi) is 3.92. The second-order valence-corrected chi connectivity index (χ2v) is 6.25. The number of hydrogen-bond donors (Lipinski definition) is 1. The highest BCUT2D eigenvalue weighted by atomic mass is 16.6. The van der Waals surface area contributed by atoms with Crippen LogP contribution in [0.25, 0.3) is 0 Å². The van der Waals surface area contributed by atoms with Crippen molar-refractivity contribution >= 4 is 17.3 Å². The molecule has 1 aromatic carbocycles. The second kappa shape index (κ2) is 5.87. The van der Waals surface area contributed by atoms with Gasteiger partial charge in [-0.1, -0.05) is 18.6 Å². The molecule has 2 bridgehead atoms. The van der Waals surface area contributed by atoms with Crippen LogP contribution in [-0.2, 0) is 0 Å². The van der Waals surface area contributed by atoms with Gasteiger partial charge in [-0.25, -0.2) is 5.43 Å². The molecule has 0 heterocycles. The van der Waals surface area contributed by atoms with E-state index in [0.717, 1.165) is 18.1 Å². The van der Waals surface area contributed by atoms with Crippen molar-refractivity contribution in [2.45, 2.75) is 32.6 Å². The van der Waals surface area contributed by atoms with E-state index in [2.05, 4.69) is 10.5 Å². The van der Waals surface area contributed by atoms with Crippen LogP contribution in [0.4, 0.5) is 5.69 Å². The number of nitrogens with zero attached hydrogens (tertiary/aromatic N) is 2. The van der Waals surface area contributed by atoms with E-state index < -0.39 is 10.8 Å². The van der Waals surface area contributed by atoms with E-state index in [1.54, 1.807) is 12.1 Å². The number of nitro groups is 1. The standard InChI is InChI=1S/C16H19N3O3/c1-10(14-9-11-6-7-12(14)8-11)17-18-16(20)13-4-2-3-5-15(13)19(21)22/h2-5,11-12,14H,6-9H2,1H3,(H,18,20). The third-order valence-corrected chi connectivity index (χ3v) is 4.95. The van der Waals surface area contributed by atoms with Gasteiger partial charge in [0.05, 0.1) is 4.92 Å². The quantitative estimate of drug-likeness (QED) is 0.526. The SMILES string of the molecule is CC(=NNC(=O)c1ccccc1[N+](=O)[O-])C1CC2CCC1C2. The number of carbonyl (C=O) groups excluding carboxylic acids is 1. The summed E-state index contributed by atoms with van der Waals surface area (Å²) in [4.78, 5) is 22.5. The Morgan fingerprint density at radius 2 is 2.09 bits per heavy atom. The van der Waals surface area contributed by atoms with Crippen LogP contribution < -0.4 is 5.43 Å². The summed E-state index contributed by atoms with van der Waals surface area (Å²) in [6, 6.07) is 5.91. The second-order valence-electron chi connectivity index (χ2n) is 6.25. The summed E-state index contributed by atoms with van der Waals surface area (Å²) in [5.41, 5.74) is 3.24. The van der Waals surface area contributed by atoms with E-state index in [4.69, 9.17) is 0 Å². The van der Waals surface area contributed by atoms with Crippen molar-refractivity contribution < 1.29 is 9.72 Å². The van der Waals surface area contributed by atoms with Gasteiger partial charge in [0.2, 0.25) is 0 Å². The van der Waals surface area contributed by atoms with E-state index in [1.165, 1.54) is 31.4 Å². The number of nitro benzene ring substituents is 1. The van der Waals surface area contributed by atoms with Crippen molar-refractivity contribution in [1.29, 1.82) is 0 Å². The van der Waals surface area contributed by atoms with Crippen LogP contribution in [-0.4, -0.2) is 16.5 Å². The molecule has 3 rings (SSSR count). The largest absolute Gasteiger partial charge is 0.282 e. The Labute approximate surface area is 128 Å². The number of amides is 1. The number of nitrogens with one attached hydrogen (secondary N) is 1. The fraction of sp³-hybridized carbons (Fsp3) is 0.500. The maximum Gasteiger partial charge on any atom is 0.282 e. The normalized spacial score (nSPS) is 27.0. The molecule has 1 aromatic rings. The zero-order valence-electron chi connectivity index (χ0n) is 12.5. The van der Waals surface area contributed by atoms with Crippen LogP contribution in [0, 0.1) is 27.9 Å². The summed E-state index contributed by atoms with van der Waals surface area (Å²) in [6.45, 7) is 1.94. The molecule has 3 atom stereocenters. The van der Waals surface area contributed by atoms with Crippen LogP contribution in [0.3, 0.4) is 0 Å².